The topological polar surface area (TPSA) is 51.5 Å². The summed E-state index contributed by atoms with van der Waals surface area (Å²) in [6.07, 6.45) is 4.59. The Labute approximate surface area is 194 Å². The molecule has 0 N–H and O–H groups in total. The Morgan fingerprint density at radius 1 is 1.10 bits per heavy atom. The van der Waals surface area contributed by atoms with Gasteiger partial charge < -0.3 is 9.30 Å². The lowest BCUT2D eigenvalue weighted by atomic mass is 10.1. The lowest BCUT2D eigenvalue weighted by molar-refractivity contribution is -0.122. The predicted octanol–water partition coefficient (Wildman–Crippen LogP) is 6.24. The van der Waals surface area contributed by atoms with Crippen LogP contribution in [0.25, 0.3) is 17.0 Å². The van der Waals surface area contributed by atoms with Crippen molar-refractivity contribution in [2.24, 2.45) is 0 Å². The van der Waals surface area contributed by atoms with Crippen molar-refractivity contribution in [1.82, 2.24) is 9.47 Å². The lowest BCUT2D eigenvalue weighted by Gasteiger charge is -2.09. The first-order valence-electron chi connectivity index (χ1n) is 10.2. The van der Waals surface area contributed by atoms with Gasteiger partial charge in [-0.3, -0.25) is 14.5 Å². The number of amides is 2. The Hall–Kier alpha value is -2.51. The van der Waals surface area contributed by atoms with Crippen LogP contribution in [0.15, 0.2) is 58.0 Å². The third-order valence-corrected chi connectivity index (χ3v) is 6.50. The highest BCUT2D eigenvalue weighted by Gasteiger charge is 2.34. The maximum absolute atomic E-state index is 12.7. The standard InChI is InChI=1S/C24H23BrN2O3S/c1-3-10-27-23(28)22(31-24(27)29)13-17-15-26(21-9-6-18(25)14-20(17)21)11-12-30-19-7-4-16(2)5-8-19/h4-9,13-15H,3,10-12H2,1-2H3/b22-13-. The molecule has 0 spiro atoms. The second-order valence-electron chi connectivity index (χ2n) is 7.43. The maximum Gasteiger partial charge on any atom is 0.293 e. The van der Waals surface area contributed by atoms with E-state index in [4.69, 9.17) is 4.74 Å². The average Bonchev–Trinajstić information content (AvgIpc) is 3.21. The number of nitrogens with zero attached hydrogens (tertiary/aromatic N) is 2. The summed E-state index contributed by atoms with van der Waals surface area (Å²) >= 11 is 4.55. The summed E-state index contributed by atoms with van der Waals surface area (Å²) in [5.74, 6) is 0.630. The molecule has 160 valence electrons. The zero-order valence-electron chi connectivity index (χ0n) is 17.4. The predicted molar refractivity (Wildman–Crippen MR) is 129 cm³/mol. The number of imide groups is 1. The molecule has 0 bridgehead atoms. The SMILES string of the molecule is CCCN1C(=O)S/C(=C\c2cn(CCOc3ccc(C)cc3)c3ccc(Br)cc23)C1=O. The van der Waals surface area contributed by atoms with E-state index < -0.39 is 0 Å². The minimum Gasteiger partial charge on any atom is -0.492 e. The number of thioether (sulfide) groups is 1. The molecular weight excluding hydrogens is 476 g/mol. The molecule has 5 nitrogen and oxygen atoms in total. The highest BCUT2D eigenvalue weighted by Crippen LogP contribution is 2.34. The fraction of sp³-hybridized carbons (Fsp3) is 0.250. The first-order chi connectivity index (χ1) is 15.0. The summed E-state index contributed by atoms with van der Waals surface area (Å²) in [7, 11) is 0. The Balaban J connectivity index is 1.59. The summed E-state index contributed by atoms with van der Waals surface area (Å²) in [6, 6.07) is 14.1. The van der Waals surface area contributed by atoms with Gasteiger partial charge in [-0.1, -0.05) is 40.5 Å². The Bertz CT molecular complexity index is 1170. The van der Waals surface area contributed by atoms with Crippen LogP contribution in [-0.4, -0.2) is 33.8 Å². The van der Waals surface area contributed by atoms with Gasteiger partial charge in [-0.15, -0.1) is 0 Å². The van der Waals surface area contributed by atoms with Crippen LogP contribution < -0.4 is 4.74 Å². The van der Waals surface area contributed by atoms with Crippen LogP contribution in [0.3, 0.4) is 0 Å². The maximum atomic E-state index is 12.7. The fourth-order valence-corrected chi connectivity index (χ4v) is 4.77. The van der Waals surface area contributed by atoms with E-state index >= 15 is 0 Å². The van der Waals surface area contributed by atoms with Crippen LogP contribution >= 0.6 is 27.7 Å². The van der Waals surface area contributed by atoms with E-state index in [9.17, 15) is 9.59 Å². The number of hydrogen-bond donors (Lipinski definition) is 0. The van der Waals surface area contributed by atoms with Crippen molar-refractivity contribution in [2.45, 2.75) is 26.8 Å². The number of ether oxygens (including phenoxy) is 1. The minimum absolute atomic E-state index is 0.200. The Morgan fingerprint density at radius 3 is 2.61 bits per heavy atom. The second-order valence-corrected chi connectivity index (χ2v) is 9.34. The summed E-state index contributed by atoms with van der Waals surface area (Å²) in [5.41, 5.74) is 3.16. The fourth-order valence-electron chi connectivity index (χ4n) is 3.55. The number of aryl methyl sites for hydroxylation is 1. The molecule has 0 unspecified atom stereocenters. The van der Waals surface area contributed by atoms with Crippen molar-refractivity contribution >= 4 is 55.8 Å². The van der Waals surface area contributed by atoms with E-state index in [0.717, 1.165) is 44.9 Å². The van der Waals surface area contributed by atoms with E-state index in [1.165, 1.54) is 10.5 Å². The van der Waals surface area contributed by atoms with Crippen LogP contribution in [-0.2, 0) is 11.3 Å². The van der Waals surface area contributed by atoms with Crippen molar-refractivity contribution < 1.29 is 14.3 Å². The Morgan fingerprint density at radius 2 is 1.87 bits per heavy atom. The van der Waals surface area contributed by atoms with E-state index in [-0.39, 0.29) is 11.1 Å². The molecule has 1 fully saturated rings. The smallest absolute Gasteiger partial charge is 0.293 e. The van der Waals surface area contributed by atoms with Crippen molar-refractivity contribution in [2.75, 3.05) is 13.2 Å². The Kier molecular flexibility index (Phi) is 6.53. The number of rotatable bonds is 7. The van der Waals surface area contributed by atoms with Crippen LogP contribution in [0.4, 0.5) is 4.79 Å². The van der Waals surface area contributed by atoms with Crippen molar-refractivity contribution in [3.63, 3.8) is 0 Å². The van der Waals surface area contributed by atoms with Gasteiger partial charge in [-0.25, -0.2) is 0 Å². The third kappa shape index (κ3) is 4.72. The first-order valence-corrected chi connectivity index (χ1v) is 11.8. The van der Waals surface area contributed by atoms with Gasteiger partial charge in [0.25, 0.3) is 11.1 Å². The monoisotopic (exact) mass is 498 g/mol. The quantitative estimate of drug-likeness (QED) is 0.362. The van der Waals surface area contributed by atoms with E-state index in [2.05, 4.69) is 20.5 Å². The molecule has 0 saturated carbocycles. The molecule has 31 heavy (non-hydrogen) atoms. The molecule has 2 heterocycles. The molecule has 0 aliphatic carbocycles. The average molecular weight is 499 g/mol. The van der Waals surface area contributed by atoms with Crippen LogP contribution in [0.1, 0.15) is 24.5 Å². The van der Waals surface area contributed by atoms with Gasteiger partial charge in [-0.2, -0.15) is 0 Å². The molecule has 2 aromatic carbocycles. The van der Waals surface area contributed by atoms with Gasteiger partial charge >= 0.3 is 0 Å². The molecule has 1 aliphatic heterocycles. The first kappa shape index (κ1) is 21.7. The van der Waals surface area contributed by atoms with Gasteiger partial charge in [0, 0.05) is 33.7 Å². The van der Waals surface area contributed by atoms with Crippen LogP contribution in [0.5, 0.6) is 5.75 Å². The zero-order valence-corrected chi connectivity index (χ0v) is 19.8. The number of benzene rings is 2. The molecule has 1 saturated heterocycles. The molecule has 2 amide bonds. The van der Waals surface area contributed by atoms with Gasteiger partial charge in [0.2, 0.25) is 0 Å². The van der Waals surface area contributed by atoms with E-state index in [0.29, 0.717) is 24.6 Å². The van der Waals surface area contributed by atoms with Gasteiger partial charge in [0.05, 0.1) is 11.4 Å². The largest absolute Gasteiger partial charge is 0.492 e. The molecule has 1 aromatic heterocycles. The lowest BCUT2D eigenvalue weighted by Crippen LogP contribution is -2.28. The summed E-state index contributed by atoms with van der Waals surface area (Å²) in [6.45, 7) is 5.64. The van der Waals surface area contributed by atoms with Crippen molar-refractivity contribution in [3.8, 4) is 5.75 Å². The third-order valence-electron chi connectivity index (χ3n) is 5.10. The summed E-state index contributed by atoms with van der Waals surface area (Å²) < 4.78 is 8.98. The van der Waals surface area contributed by atoms with Crippen LogP contribution in [0, 0.1) is 6.92 Å². The van der Waals surface area contributed by atoms with Crippen molar-refractivity contribution in [1.29, 1.82) is 0 Å². The summed E-state index contributed by atoms with van der Waals surface area (Å²) in [5, 5.41) is 0.821. The van der Waals surface area contributed by atoms with Crippen molar-refractivity contribution in [3.05, 3.63) is 69.2 Å². The zero-order chi connectivity index (χ0) is 22.0. The molecular formula is C24H23BrN2O3S. The molecule has 4 rings (SSSR count). The number of aromatic nitrogens is 1. The summed E-state index contributed by atoms with van der Waals surface area (Å²) in [4.78, 5) is 26.6. The second kappa shape index (κ2) is 9.32. The van der Waals surface area contributed by atoms with Crippen LogP contribution in [0.2, 0.25) is 0 Å². The highest BCUT2D eigenvalue weighted by atomic mass is 79.9. The molecule has 0 radical (unpaired) electrons. The van der Waals surface area contributed by atoms with Gasteiger partial charge in [0.1, 0.15) is 12.4 Å². The number of carbonyl (C=O) groups excluding carboxylic acids is 2. The van der Waals surface area contributed by atoms with E-state index in [1.807, 2.05) is 68.6 Å². The minimum atomic E-state index is -0.213. The molecule has 1 aliphatic rings. The molecule has 0 atom stereocenters. The van der Waals surface area contributed by atoms with E-state index in [1.54, 1.807) is 0 Å². The molecule has 3 aromatic rings. The highest BCUT2D eigenvalue weighted by molar-refractivity contribution is 9.10. The number of fused-ring (bicyclic) bond motifs is 1. The normalized spacial score (nSPS) is 15.5. The number of carbonyl (C=O) groups is 2. The molecule has 7 heteroatoms. The number of halogens is 1. The number of hydrogen-bond acceptors (Lipinski definition) is 4. The van der Waals surface area contributed by atoms with Gasteiger partial charge in [0.15, 0.2) is 0 Å². The van der Waals surface area contributed by atoms with Gasteiger partial charge in [-0.05, 0) is 61.5 Å².